The summed E-state index contributed by atoms with van der Waals surface area (Å²) in [6.45, 7) is 3.92. The number of halogens is 1. The molecule has 0 aliphatic carbocycles. The molecule has 0 radical (unpaired) electrons. The number of carbonyl (C=O) groups is 1. The summed E-state index contributed by atoms with van der Waals surface area (Å²) in [5.41, 5.74) is 0.865. The largest absolute Gasteiger partial charge is 0.497 e. The fourth-order valence-electron chi connectivity index (χ4n) is 2.69. The molecule has 8 heteroatoms. The van der Waals surface area contributed by atoms with Crippen LogP contribution in [0.4, 0.5) is 0 Å². The van der Waals surface area contributed by atoms with Gasteiger partial charge in [-0.05, 0) is 47.9 Å². The monoisotopic (exact) mass is 424 g/mol. The summed E-state index contributed by atoms with van der Waals surface area (Å²) >= 11 is 5.99. The van der Waals surface area contributed by atoms with Crippen molar-refractivity contribution in [3.05, 3.63) is 59.1 Å². The summed E-state index contributed by atoms with van der Waals surface area (Å²) in [5, 5.41) is 0.582. The molecule has 2 rings (SSSR count). The summed E-state index contributed by atoms with van der Waals surface area (Å²) in [5.74, 6) is 0.00564. The zero-order valence-corrected chi connectivity index (χ0v) is 17.9. The molecule has 0 aliphatic heterocycles. The molecule has 28 heavy (non-hydrogen) atoms. The van der Waals surface area contributed by atoms with E-state index in [4.69, 9.17) is 16.3 Å². The number of methoxy groups -OCH3 is 1. The van der Waals surface area contributed by atoms with Gasteiger partial charge in [-0.2, -0.15) is 4.72 Å². The molecular weight excluding hydrogens is 400 g/mol. The van der Waals surface area contributed by atoms with Gasteiger partial charge in [0.2, 0.25) is 15.9 Å². The quantitative estimate of drug-likeness (QED) is 0.705. The minimum Gasteiger partial charge on any atom is -0.497 e. The normalized spacial score (nSPS) is 12.6. The van der Waals surface area contributed by atoms with Crippen molar-refractivity contribution < 1.29 is 17.9 Å². The molecule has 0 spiro atoms. The molecule has 1 N–H and O–H groups in total. The van der Waals surface area contributed by atoms with Crippen LogP contribution in [-0.4, -0.2) is 39.4 Å². The highest BCUT2D eigenvalue weighted by molar-refractivity contribution is 7.89. The Labute approximate surface area is 171 Å². The first-order chi connectivity index (χ1) is 13.1. The first-order valence-corrected chi connectivity index (χ1v) is 10.7. The average Bonchev–Trinajstić information content (AvgIpc) is 2.65. The topological polar surface area (TPSA) is 75.7 Å². The zero-order chi connectivity index (χ0) is 20.9. The fraction of sp³-hybridized carbons (Fsp3) is 0.350. The Morgan fingerprint density at radius 3 is 2.36 bits per heavy atom. The molecule has 0 aliphatic rings. The summed E-state index contributed by atoms with van der Waals surface area (Å²) in [4.78, 5) is 14.5. The first kappa shape index (κ1) is 22.2. The maximum absolute atomic E-state index is 12.9. The molecule has 2 aromatic carbocycles. The third kappa shape index (κ3) is 5.70. The third-order valence-electron chi connectivity index (χ3n) is 4.27. The Morgan fingerprint density at radius 2 is 1.82 bits per heavy atom. The van der Waals surface area contributed by atoms with Crippen LogP contribution in [0, 0.1) is 5.92 Å². The van der Waals surface area contributed by atoms with Crippen LogP contribution in [0.1, 0.15) is 19.4 Å². The lowest BCUT2D eigenvalue weighted by molar-refractivity contribution is -0.133. The summed E-state index contributed by atoms with van der Waals surface area (Å²) in [6, 6.07) is 12.3. The Balaban J connectivity index is 2.17. The van der Waals surface area contributed by atoms with E-state index in [0.717, 1.165) is 5.56 Å². The zero-order valence-electron chi connectivity index (χ0n) is 16.3. The molecule has 6 nitrogen and oxygen atoms in total. The van der Waals surface area contributed by atoms with Gasteiger partial charge in [0.15, 0.2) is 0 Å². The predicted molar refractivity (Wildman–Crippen MR) is 110 cm³/mol. The Kier molecular flexibility index (Phi) is 7.46. The number of benzene rings is 2. The lowest BCUT2D eigenvalue weighted by Crippen LogP contribution is -2.49. The van der Waals surface area contributed by atoms with Crippen molar-refractivity contribution in [3.8, 4) is 5.75 Å². The predicted octanol–water partition coefficient (Wildman–Crippen LogP) is 3.31. The molecule has 0 saturated carbocycles. The second-order valence-corrected chi connectivity index (χ2v) is 8.99. The van der Waals surface area contributed by atoms with Crippen LogP contribution in [0.2, 0.25) is 5.02 Å². The van der Waals surface area contributed by atoms with Gasteiger partial charge >= 0.3 is 0 Å². The molecule has 1 atom stereocenters. The van der Waals surface area contributed by atoms with Crippen LogP contribution in [0.5, 0.6) is 5.75 Å². The van der Waals surface area contributed by atoms with Gasteiger partial charge in [0.25, 0.3) is 0 Å². The number of sulfonamides is 1. The second-order valence-electron chi connectivity index (χ2n) is 6.84. The Morgan fingerprint density at radius 1 is 1.18 bits per heavy atom. The van der Waals surface area contributed by atoms with Gasteiger partial charge in [-0.1, -0.05) is 37.6 Å². The van der Waals surface area contributed by atoms with E-state index in [1.807, 2.05) is 12.1 Å². The minimum atomic E-state index is -3.86. The van der Waals surface area contributed by atoms with Gasteiger partial charge in [-0.3, -0.25) is 4.79 Å². The highest BCUT2D eigenvalue weighted by Crippen LogP contribution is 2.18. The van der Waals surface area contributed by atoms with E-state index in [0.29, 0.717) is 17.3 Å². The maximum atomic E-state index is 12.9. The number of likely N-dealkylation sites (N-methyl/N-ethyl adjacent to an activating group) is 1. The number of ether oxygens (including phenoxy) is 1. The number of rotatable bonds is 8. The van der Waals surface area contributed by atoms with Gasteiger partial charge in [0.1, 0.15) is 11.8 Å². The molecule has 0 fully saturated rings. The molecule has 1 unspecified atom stereocenters. The lowest BCUT2D eigenvalue weighted by atomic mass is 10.0. The van der Waals surface area contributed by atoms with Gasteiger partial charge < -0.3 is 9.64 Å². The van der Waals surface area contributed by atoms with Crippen LogP contribution >= 0.6 is 11.6 Å². The van der Waals surface area contributed by atoms with Gasteiger partial charge in [0, 0.05) is 18.6 Å². The smallest absolute Gasteiger partial charge is 0.241 e. The number of hydrogen-bond donors (Lipinski definition) is 1. The van der Waals surface area contributed by atoms with Crippen LogP contribution in [-0.2, 0) is 21.4 Å². The van der Waals surface area contributed by atoms with Gasteiger partial charge in [-0.25, -0.2) is 8.42 Å². The maximum Gasteiger partial charge on any atom is 0.241 e. The molecule has 1 amide bonds. The number of nitrogens with one attached hydrogen (secondary N) is 1. The minimum absolute atomic E-state index is 0.0734. The summed E-state index contributed by atoms with van der Waals surface area (Å²) in [6.07, 6.45) is 0. The highest BCUT2D eigenvalue weighted by atomic mass is 35.5. The molecule has 0 bridgehead atoms. The van der Waals surface area contributed by atoms with Crippen molar-refractivity contribution in [3.63, 3.8) is 0 Å². The fourth-order valence-corrected chi connectivity index (χ4v) is 4.24. The Bertz CT molecular complexity index is 914. The molecule has 2 aromatic rings. The SMILES string of the molecule is COc1ccc(S(=O)(=O)NC(C(=O)N(C)Cc2cccc(Cl)c2)C(C)C)cc1. The van der Waals surface area contributed by atoms with E-state index < -0.39 is 16.1 Å². The third-order valence-corrected chi connectivity index (χ3v) is 5.96. The van der Waals surface area contributed by atoms with Crippen LogP contribution in [0.3, 0.4) is 0 Å². The molecule has 0 heterocycles. The average molecular weight is 425 g/mol. The molecule has 0 saturated heterocycles. The van der Waals surface area contributed by atoms with Crippen molar-refractivity contribution in [2.75, 3.05) is 14.2 Å². The lowest BCUT2D eigenvalue weighted by Gasteiger charge is -2.27. The number of amides is 1. The second kappa shape index (κ2) is 9.41. The number of carbonyl (C=O) groups excluding carboxylic acids is 1. The first-order valence-electron chi connectivity index (χ1n) is 8.80. The van der Waals surface area contributed by atoms with Crippen molar-refractivity contribution in [1.29, 1.82) is 0 Å². The van der Waals surface area contributed by atoms with Crippen LogP contribution < -0.4 is 9.46 Å². The van der Waals surface area contributed by atoms with Crippen molar-refractivity contribution in [2.24, 2.45) is 5.92 Å². The van der Waals surface area contributed by atoms with E-state index in [1.54, 1.807) is 45.2 Å². The van der Waals surface area contributed by atoms with E-state index in [9.17, 15) is 13.2 Å². The Hall–Kier alpha value is -2.09. The van der Waals surface area contributed by atoms with Gasteiger partial charge in [-0.15, -0.1) is 0 Å². The van der Waals surface area contributed by atoms with Crippen LogP contribution in [0.25, 0.3) is 0 Å². The molecule has 152 valence electrons. The van der Waals surface area contributed by atoms with Gasteiger partial charge in [0.05, 0.1) is 12.0 Å². The van der Waals surface area contributed by atoms with Crippen molar-refractivity contribution in [2.45, 2.75) is 31.3 Å². The molecule has 0 aromatic heterocycles. The van der Waals surface area contributed by atoms with Crippen molar-refractivity contribution >= 4 is 27.5 Å². The summed E-state index contributed by atoms with van der Waals surface area (Å²) in [7, 11) is -0.718. The van der Waals surface area contributed by atoms with Crippen LogP contribution in [0.15, 0.2) is 53.4 Å². The van der Waals surface area contributed by atoms with Crippen molar-refractivity contribution in [1.82, 2.24) is 9.62 Å². The standard InChI is InChI=1S/C20H25ClN2O4S/c1-14(2)19(20(24)23(3)13-15-6-5-7-16(21)12-15)22-28(25,26)18-10-8-17(27-4)9-11-18/h5-12,14,19,22H,13H2,1-4H3. The number of hydrogen-bond acceptors (Lipinski definition) is 4. The highest BCUT2D eigenvalue weighted by Gasteiger charge is 2.30. The van der Waals surface area contributed by atoms with E-state index in [2.05, 4.69) is 4.72 Å². The van der Waals surface area contributed by atoms with E-state index in [1.165, 1.54) is 24.1 Å². The van der Waals surface area contributed by atoms with E-state index in [-0.39, 0.29) is 16.7 Å². The number of nitrogens with zero attached hydrogens (tertiary/aromatic N) is 1. The summed E-state index contributed by atoms with van der Waals surface area (Å²) < 4.78 is 33.1. The molecular formula is C20H25ClN2O4S. The van der Waals surface area contributed by atoms with E-state index >= 15 is 0 Å².